The number of amides is 1. The van der Waals surface area contributed by atoms with Gasteiger partial charge in [0.25, 0.3) is 11.6 Å². The van der Waals surface area contributed by atoms with Crippen LogP contribution < -0.4 is 14.8 Å². The van der Waals surface area contributed by atoms with E-state index in [1.165, 1.54) is 25.3 Å². The average molecular weight is 590 g/mol. The van der Waals surface area contributed by atoms with Gasteiger partial charge in [-0.15, -0.1) is 0 Å². The monoisotopic (exact) mass is 589 g/mol. The number of hydrogen-bond donors (Lipinski definition) is 1. The lowest BCUT2D eigenvalue weighted by atomic mass is 10.1. The van der Waals surface area contributed by atoms with E-state index in [4.69, 9.17) is 21.1 Å². The first kappa shape index (κ1) is 25.0. The van der Waals surface area contributed by atoms with Gasteiger partial charge in [0.15, 0.2) is 11.5 Å². The van der Waals surface area contributed by atoms with Gasteiger partial charge in [0.05, 0.1) is 15.6 Å². The molecule has 0 saturated heterocycles. The van der Waals surface area contributed by atoms with Crippen molar-refractivity contribution in [2.45, 2.75) is 6.61 Å². The standard InChI is InChI=1S/C24H17ClIN3O5/c1-33-22-11-16(9-17(13-27)24(30)28-19-4-2-3-18(25)12-19)10-21(26)23(22)34-14-15-5-7-20(8-6-15)29(31)32/h2-12H,14H2,1H3,(H,28,30)/b17-9-. The zero-order chi connectivity index (χ0) is 24.7. The zero-order valence-corrected chi connectivity index (χ0v) is 20.7. The van der Waals surface area contributed by atoms with Gasteiger partial charge >= 0.3 is 0 Å². The lowest BCUT2D eigenvalue weighted by Crippen LogP contribution is -2.13. The maximum atomic E-state index is 12.5. The maximum Gasteiger partial charge on any atom is 0.269 e. The Balaban J connectivity index is 1.79. The highest BCUT2D eigenvalue weighted by Crippen LogP contribution is 2.35. The lowest BCUT2D eigenvalue weighted by molar-refractivity contribution is -0.384. The minimum atomic E-state index is -0.572. The van der Waals surface area contributed by atoms with E-state index < -0.39 is 10.8 Å². The van der Waals surface area contributed by atoms with Crippen molar-refractivity contribution < 1.29 is 19.2 Å². The number of halogens is 2. The Hall–Kier alpha value is -3.62. The Bertz CT molecular complexity index is 1300. The molecule has 34 heavy (non-hydrogen) atoms. The Morgan fingerprint density at radius 3 is 2.59 bits per heavy atom. The van der Waals surface area contributed by atoms with E-state index in [-0.39, 0.29) is 17.9 Å². The fourth-order valence-corrected chi connectivity index (χ4v) is 3.88. The molecule has 0 fully saturated rings. The predicted octanol–water partition coefficient (Wildman–Crippen LogP) is 5.99. The molecule has 172 valence electrons. The molecule has 0 heterocycles. The molecule has 0 bridgehead atoms. The molecule has 0 radical (unpaired) electrons. The van der Waals surface area contributed by atoms with Gasteiger partial charge in [-0.2, -0.15) is 5.26 Å². The van der Waals surface area contributed by atoms with Crippen LogP contribution in [0.3, 0.4) is 0 Å². The predicted molar refractivity (Wildman–Crippen MR) is 137 cm³/mol. The molecule has 0 atom stereocenters. The highest BCUT2D eigenvalue weighted by molar-refractivity contribution is 14.1. The molecule has 0 saturated carbocycles. The summed E-state index contributed by atoms with van der Waals surface area (Å²) in [5.74, 6) is 0.310. The molecule has 3 aromatic rings. The zero-order valence-electron chi connectivity index (χ0n) is 17.7. The number of non-ortho nitro benzene ring substituents is 1. The van der Waals surface area contributed by atoms with Crippen LogP contribution in [0.5, 0.6) is 11.5 Å². The van der Waals surface area contributed by atoms with Gasteiger partial charge in [0.1, 0.15) is 18.2 Å². The van der Waals surface area contributed by atoms with E-state index in [0.717, 1.165) is 5.56 Å². The number of methoxy groups -OCH3 is 1. The van der Waals surface area contributed by atoms with Gasteiger partial charge in [-0.1, -0.05) is 17.7 Å². The van der Waals surface area contributed by atoms with Crippen molar-refractivity contribution in [3.05, 3.63) is 96.1 Å². The van der Waals surface area contributed by atoms with Crippen LogP contribution in [0.1, 0.15) is 11.1 Å². The third kappa shape index (κ3) is 6.46. The van der Waals surface area contributed by atoms with Crippen LogP contribution in [-0.2, 0) is 11.4 Å². The molecule has 0 aromatic heterocycles. The fourth-order valence-electron chi connectivity index (χ4n) is 2.91. The second-order valence-corrected chi connectivity index (χ2v) is 8.48. The highest BCUT2D eigenvalue weighted by Gasteiger charge is 2.15. The van der Waals surface area contributed by atoms with Gasteiger partial charge in [-0.05, 0) is 82.3 Å². The molecule has 10 heteroatoms. The van der Waals surface area contributed by atoms with Crippen molar-refractivity contribution in [3.8, 4) is 17.6 Å². The van der Waals surface area contributed by atoms with E-state index in [9.17, 15) is 20.2 Å². The Kier molecular flexibility index (Phi) is 8.45. The van der Waals surface area contributed by atoms with Gasteiger partial charge in [-0.3, -0.25) is 14.9 Å². The number of nitriles is 1. The number of nitrogens with zero attached hydrogens (tertiary/aromatic N) is 2. The second-order valence-electron chi connectivity index (χ2n) is 6.88. The van der Waals surface area contributed by atoms with E-state index in [1.54, 1.807) is 48.5 Å². The SMILES string of the molecule is COc1cc(/C=C(/C#N)C(=O)Nc2cccc(Cl)c2)cc(I)c1OCc1ccc([N+](=O)[O-])cc1. The Morgan fingerprint density at radius 2 is 1.97 bits per heavy atom. The van der Waals surface area contributed by atoms with Crippen molar-refractivity contribution in [2.24, 2.45) is 0 Å². The lowest BCUT2D eigenvalue weighted by Gasteiger charge is -2.14. The number of rotatable bonds is 8. The summed E-state index contributed by atoms with van der Waals surface area (Å²) in [4.78, 5) is 22.9. The summed E-state index contributed by atoms with van der Waals surface area (Å²) in [5.41, 5.74) is 1.69. The molecule has 1 N–H and O–H groups in total. The van der Waals surface area contributed by atoms with Crippen molar-refractivity contribution in [1.82, 2.24) is 0 Å². The van der Waals surface area contributed by atoms with Crippen LogP contribution in [-0.4, -0.2) is 17.9 Å². The number of carbonyl (C=O) groups excluding carboxylic acids is 1. The summed E-state index contributed by atoms with van der Waals surface area (Å²) >= 11 is 8.01. The minimum Gasteiger partial charge on any atom is -0.493 e. The molecule has 3 aromatic carbocycles. The van der Waals surface area contributed by atoms with Gasteiger partial charge in [0.2, 0.25) is 0 Å². The molecule has 0 unspecified atom stereocenters. The number of nitro groups is 1. The number of carbonyl (C=O) groups is 1. The number of ether oxygens (including phenoxy) is 2. The molecule has 3 rings (SSSR count). The third-order valence-corrected chi connectivity index (χ3v) is 5.58. The molecule has 0 spiro atoms. The second kappa shape index (κ2) is 11.5. The van der Waals surface area contributed by atoms with Crippen LogP contribution in [0.2, 0.25) is 5.02 Å². The Morgan fingerprint density at radius 1 is 1.24 bits per heavy atom. The molecule has 8 nitrogen and oxygen atoms in total. The first-order valence-electron chi connectivity index (χ1n) is 9.73. The molecule has 0 aliphatic rings. The molecule has 0 aliphatic heterocycles. The van der Waals surface area contributed by atoms with Crippen molar-refractivity contribution in [3.63, 3.8) is 0 Å². The summed E-state index contributed by atoms with van der Waals surface area (Å²) in [5, 5.41) is 23.4. The van der Waals surface area contributed by atoms with Crippen molar-refractivity contribution >= 4 is 57.5 Å². The molecule has 0 aliphatic carbocycles. The van der Waals surface area contributed by atoms with E-state index in [1.807, 2.05) is 6.07 Å². The molecule has 1 amide bonds. The number of nitro benzene ring substituents is 1. The third-order valence-electron chi connectivity index (χ3n) is 4.54. The van der Waals surface area contributed by atoms with Crippen LogP contribution in [0, 0.1) is 25.0 Å². The van der Waals surface area contributed by atoms with E-state index >= 15 is 0 Å². The van der Waals surface area contributed by atoms with Gasteiger partial charge < -0.3 is 14.8 Å². The topological polar surface area (TPSA) is 114 Å². The maximum absolute atomic E-state index is 12.5. The largest absolute Gasteiger partial charge is 0.493 e. The van der Waals surface area contributed by atoms with Crippen LogP contribution >= 0.6 is 34.2 Å². The number of benzene rings is 3. The van der Waals surface area contributed by atoms with E-state index in [0.29, 0.717) is 31.3 Å². The number of nitrogens with one attached hydrogen (secondary N) is 1. The minimum absolute atomic E-state index is 0.000234. The van der Waals surface area contributed by atoms with Crippen molar-refractivity contribution in [1.29, 1.82) is 5.26 Å². The van der Waals surface area contributed by atoms with Gasteiger partial charge in [0, 0.05) is 22.8 Å². The van der Waals surface area contributed by atoms with Crippen LogP contribution in [0.25, 0.3) is 6.08 Å². The summed E-state index contributed by atoms with van der Waals surface area (Å²) in [6.07, 6.45) is 1.45. The summed E-state index contributed by atoms with van der Waals surface area (Å²) in [7, 11) is 1.48. The van der Waals surface area contributed by atoms with Crippen molar-refractivity contribution in [2.75, 3.05) is 12.4 Å². The smallest absolute Gasteiger partial charge is 0.269 e. The van der Waals surface area contributed by atoms with Crippen LogP contribution in [0.15, 0.2) is 66.2 Å². The summed E-state index contributed by atoms with van der Waals surface area (Å²) in [6, 6.07) is 18.0. The number of hydrogen-bond acceptors (Lipinski definition) is 6. The normalized spacial score (nSPS) is 10.8. The quantitative estimate of drug-likeness (QED) is 0.114. The Labute approximate surface area is 214 Å². The molecular formula is C24H17ClIN3O5. The summed E-state index contributed by atoms with van der Waals surface area (Å²) in [6.45, 7) is 0.172. The summed E-state index contributed by atoms with van der Waals surface area (Å²) < 4.78 is 12.0. The highest BCUT2D eigenvalue weighted by atomic mass is 127. The van der Waals surface area contributed by atoms with E-state index in [2.05, 4.69) is 27.9 Å². The molecular weight excluding hydrogens is 573 g/mol. The van der Waals surface area contributed by atoms with Gasteiger partial charge in [-0.25, -0.2) is 0 Å². The first-order valence-corrected chi connectivity index (χ1v) is 11.2. The average Bonchev–Trinajstić information content (AvgIpc) is 2.81. The number of anilines is 1. The fraction of sp³-hybridized carbons (Fsp3) is 0.0833. The van der Waals surface area contributed by atoms with Crippen LogP contribution in [0.4, 0.5) is 11.4 Å². The first-order chi connectivity index (χ1) is 16.3.